The lowest BCUT2D eigenvalue weighted by Gasteiger charge is -2.18. The molecule has 9 heteroatoms. The van der Waals surface area contributed by atoms with Crippen molar-refractivity contribution in [1.82, 2.24) is 14.3 Å². The van der Waals surface area contributed by atoms with Crippen LogP contribution in [-0.2, 0) is 9.53 Å². The fourth-order valence-electron chi connectivity index (χ4n) is 3.39. The number of thiocarbonyl (C=S) groups is 1. The second-order valence-electron chi connectivity index (χ2n) is 6.96. The first-order chi connectivity index (χ1) is 14.1. The van der Waals surface area contributed by atoms with Gasteiger partial charge in [0.05, 0.1) is 23.1 Å². The van der Waals surface area contributed by atoms with Gasteiger partial charge in [-0.1, -0.05) is 37.0 Å². The van der Waals surface area contributed by atoms with Crippen LogP contribution in [-0.4, -0.2) is 50.3 Å². The SMILES string of the molecule is CCCNc1nc2ccccn2c(=O)c1/C=C1/SC(=S)N(C[C@@H]2CCCO2)C1=O. The van der Waals surface area contributed by atoms with Gasteiger partial charge in [0.15, 0.2) is 0 Å². The number of hydrogen-bond acceptors (Lipinski definition) is 7. The predicted octanol–water partition coefficient (Wildman–Crippen LogP) is 2.90. The highest BCUT2D eigenvalue weighted by atomic mass is 32.2. The minimum atomic E-state index is -0.224. The number of fused-ring (bicyclic) bond motifs is 1. The van der Waals surface area contributed by atoms with Crippen LogP contribution >= 0.6 is 24.0 Å². The number of amides is 1. The maximum atomic E-state index is 13.1. The van der Waals surface area contributed by atoms with Crippen molar-refractivity contribution in [1.29, 1.82) is 0 Å². The van der Waals surface area contributed by atoms with Crippen molar-refractivity contribution in [2.45, 2.75) is 32.3 Å². The summed E-state index contributed by atoms with van der Waals surface area (Å²) in [6, 6.07) is 5.39. The highest BCUT2D eigenvalue weighted by molar-refractivity contribution is 8.26. The third-order valence-electron chi connectivity index (χ3n) is 4.87. The van der Waals surface area contributed by atoms with Gasteiger partial charge in [0.25, 0.3) is 11.5 Å². The quantitative estimate of drug-likeness (QED) is 0.558. The number of rotatable bonds is 6. The Balaban J connectivity index is 1.71. The lowest BCUT2D eigenvalue weighted by atomic mass is 10.2. The molecule has 29 heavy (non-hydrogen) atoms. The first-order valence-corrected chi connectivity index (χ1v) is 10.9. The van der Waals surface area contributed by atoms with Gasteiger partial charge < -0.3 is 10.1 Å². The van der Waals surface area contributed by atoms with Gasteiger partial charge in [-0.25, -0.2) is 4.98 Å². The number of ether oxygens (including phenoxy) is 1. The Morgan fingerprint density at radius 2 is 2.28 bits per heavy atom. The maximum absolute atomic E-state index is 13.1. The molecule has 2 fully saturated rings. The normalized spacial score (nSPS) is 20.9. The smallest absolute Gasteiger partial charge is 0.267 e. The van der Waals surface area contributed by atoms with E-state index in [1.54, 1.807) is 29.3 Å². The van der Waals surface area contributed by atoms with Crippen LogP contribution in [0.3, 0.4) is 0 Å². The molecule has 7 nitrogen and oxygen atoms in total. The largest absolute Gasteiger partial charge is 0.376 e. The van der Waals surface area contributed by atoms with E-state index >= 15 is 0 Å². The molecule has 2 saturated heterocycles. The van der Waals surface area contributed by atoms with Crippen LogP contribution < -0.4 is 10.9 Å². The molecule has 1 amide bonds. The van der Waals surface area contributed by atoms with Crippen molar-refractivity contribution >= 4 is 51.7 Å². The summed E-state index contributed by atoms with van der Waals surface area (Å²) in [7, 11) is 0. The van der Waals surface area contributed by atoms with E-state index in [2.05, 4.69) is 10.3 Å². The van der Waals surface area contributed by atoms with E-state index in [1.807, 2.05) is 13.0 Å². The number of nitrogens with one attached hydrogen (secondary N) is 1. The number of hydrogen-bond donors (Lipinski definition) is 1. The van der Waals surface area contributed by atoms with Crippen molar-refractivity contribution in [3.63, 3.8) is 0 Å². The fraction of sp³-hybridized carbons (Fsp3) is 0.400. The predicted molar refractivity (Wildman–Crippen MR) is 119 cm³/mol. The summed E-state index contributed by atoms with van der Waals surface area (Å²) < 4.78 is 7.62. The number of carbonyl (C=O) groups is 1. The van der Waals surface area contributed by atoms with Crippen molar-refractivity contribution in [3.8, 4) is 0 Å². The van der Waals surface area contributed by atoms with Gasteiger partial charge >= 0.3 is 0 Å². The van der Waals surface area contributed by atoms with Crippen molar-refractivity contribution in [2.24, 2.45) is 0 Å². The first-order valence-electron chi connectivity index (χ1n) is 9.70. The Hall–Kier alpha value is -2.23. The van der Waals surface area contributed by atoms with Gasteiger partial charge in [-0.15, -0.1) is 0 Å². The molecule has 0 saturated carbocycles. The topological polar surface area (TPSA) is 75.9 Å². The second-order valence-corrected chi connectivity index (χ2v) is 8.64. The molecule has 4 rings (SSSR count). The summed E-state index contributed by atoms with van der Waals surface area (Å²) in [4.78, 5) is 32.6. The number of thioether (sulfide) groups is 1. The average Bonchev–Trinajstić information content (AvgIpc) is 3.33. The lowest BCUT2D eigenvalue weighted by Crippen LogP contribution is -2.35. The van der Waals surface area contributed by atoms with Gasteiger partial charge in [-0.2, -0.15) is 0 Å². The van der Waals surface area contributed by atoms with Gasteiger partial charge in [0.2, 0.25) is 0 Å². The molecule has 0 aliphatic carbocycles. The Labute approximate surface area is 178 Å². The van der Waals surface area contributed by atoms with Crippen LogP contribution in [0.2, 0.25) is 0 Å². The lowest BCUT2D eigenvalue weighted by molar-refractivity contribution is -0.123. The molecule has 2 aliphatic rings. The summed E-state index contributed by atoms with van der Waals surface area (Å²) in [6.45, 7) is 3.90. The molecule has 0 unspecified atom stereocenters. The number of carbonyl (C=O) groups excluding carboxylic acids is 1. The minimum Gasteiger partial charge on any atom is -0.376 e. The van der Waals surface area contributed by atoms with Gasteiger partial charge in [0.1, 0.15) is 15.8 Å². The zero-order chi connectivity index (χ0) is 20.4. The van der Waals surface area contributed by atoms with E-state index in [1.165, 1.54) is 16.2 Å². The Morgan fingerprint density at radius 1 is 1.41 bits per heavy atom. The number of anilines is 1. The second kappa shape index (κ2) is 8.64. The molecule has 2 aliphatic heterocycles. The summed E-state index contributed by atoms with van der Waals surface area (Å²) in [5, 5.41) is 3.21. The molecule has 4 heterocycles. The number of nitrogens with zero attached hydrogens (tertiary/aromatic N) is 3. The highest BCUT2D eigenvalue weighted by Gasteiger charge is 2.35. The van der Waals surface area contributed by atoms with Crippen LogP contribution in [0.1, 0.15) is 31.7 Å². The molecule has 2 aromatic rings. The van der Waals surface area contributed by atoms with Crippen LogP contribution in [0.5, 0.6) is 0 Å². The van der Waals surface area contributed by atoms with Gasteiger partial charge in [-0.05, 0) is 37.5 Å². The van der Waals surface area contributed by atoms with Gasteiger partial charge in [-0.3, -0.25) is 18.9 Å². The average molecular weight is 431 g/mol. The van der Waals surface area contributed by atoms with E-state index in [0.717, 1.165) is 25.9 Å². The van der Waals surface area contributed by atoms with Crippen LogP contribution in [0.25, 0.3) is 11.7 Å². The van der Waals surface area contributed by atoms with Crippen molar-refractivity contribution in [2.75, 3.05) is 25.0 Å². The molecular weight excluding hydrogens is 408 g/mol. The molecule has 0 spiro atoms. The molecule has 1 N–H and O–H groups in total. The monoisotopic (exact) mass is 430 g/mol. The zero-order valence-corrected chi connectivity index (χ0v) is 17.7. The summed E-state index contributed by atoms with van der Waals surface area (Å²) >= 11 is 6.63. The molecule has 0 aromatic carbocycles. The summed E-state index contributed by atoms with van der Waals surface area (Å²) in [5.74, 6) is 0.293. The van der Waals surface area contributed by atoms with Crippen LogP contribution in [0.15, 0.2) is 34.1 Å². The van der Waals surface area contributed by atoms with E-state index in [-0.39, 0.29) is 17.6 Å². The molecule has 152 valence electrons. The Kier molecular flexibility index (Phi) is 5.98. The molecule has 1 atom stereocenters. The summed E-state index contributed by atoms with van der Waals surface area (Å²) in [5.41, 5.74) is 0.692. The summed E-state index contributed by atoms with van der Waals surface area (Å²) in [6.07, 6.45) is 6.12. The standard InChI is InChI=1S/C20H22N4O3S2/c1-2-8-21-17-14(18(25)23-9-4-3-7-16(23)22-17)11-15-19(26)24(20(28)29-15)12-13-6-5-10-27-13/h3-4,7,9,11,13,21H,2,5-6,8,10,12H2,1H3/b15-11+/t13-/m0/s1. The van der Waals surface area contributed by atoms with Crippen molar-refractivity contribution in [3.05, 3.63) is 45.2 Å². The van der Waals surface area contributed by atoms with E-state index in [9.17, 15) is 9.59 Å². The van der Waals surface area contributed by atoms with Crippen LogP contribution in [0.4, 0.5) is 5.82 Å². The van der Waals surface area contributed by atoms with E-state index in [4.69, 9.17) is 17.0 Å². The molecule has 2 aromatic heterocycles. The maximum Gasteiger partial charge on any atom is 0.267 e. The highest BCUT2D eigenvalue weighted by Crippen LogP contribution is 2.34. The Bertz CT molecular complexity index is 1040. The third-order valence-corrected chi connectivity index (χ3v) is 6.25. The van der Waals surface area contributed by atoms with E-state index in [0.29, 0.717) is 39.3 Å². The first kappa shape index (κ1) is 20.1. The van der Waals surface area contributed by atoms with Gasteiger partial charge in [0, 0.05) is 19.3 Å². The molecular formula is C20H22N4O3S2. The molecule has 0 bridgehead atoms. The van der Waals surface area contributed by atoms with Crippen LogP contribution in [0, 0.1) is 0 Å². The third kappa shape index (κ3) is 4.08. The molecule has 0 radical (unpaired) electrons. The van der Waals surface area contributed by atoms with Crippen molar-refractivity contribution < 1.29 is 9.53 Å². The zero-order valence-electron chi connectivity index (χ0n) is 16.1. The van der Waals surface area contributed by atoms with E-state index < -0.39 is 0 Å². The Morgan fingerprint density at radius 3 is 3.03 bits per heavy atom. The fourth-order valence-corrected chi connectivity index (χ4v) is 4.65. The minimum absolute atomic E-state index is 0.0200. The number of aromatic nitrogens is 2. The number of pyridine rings is 1.